The van der Waals surface area contributed by atoms with Gasteiger partial charge in [0, 0.05) is 5.56 Å². The number of rotatable bonds is 1. The van der Waals surface area contributed by atoms with E-state index in [0.717, 1.165) is 12.1 Å². The fraction of sp³-hybridized carbons (Fsp3) is 0.0909. The van der Waals surface area contributed by atoms with Gasteiger partial charge in [-0.25, -0.2) is 9.97 Å². The van der Waals surface area contributed by atoms with Crippen LogP contribution in [0.4, 0.5) is 24.8 Å². The van der Waals surface area contributed by atoms with Gasteiger partial charge < -0.3 is 11.5 Å². The predicted molar refractivity (Wildman–Crippen MR) is 61.3 cm³/mol. The van der Waals surface area contributed by atoms with Crippen molar-refractivity contribution in [1.82, 2.24) is 9.97 Å². The van der Waals surface area contributed by atoms with Gasteiger partial charge in [-0.2, -0.15) is 13.2 Å². The molecule has 94 valence electrons. The van der Waals surface area contributed by atoms with Crippen molar-refractivity contribution in [2.75, 3.05) is 11.5 Å². The molecule has 0 aliphatic heterocycles. The molecule has 0 saturated heterocycles. The molecule has 0 unspecified atom stereocenters. The fourth-order valence-corrected chi connectivity index (χ4v) is 1.46. The molecule has 7 heteroatoms. The average Bonchev–Trinajstić information content (AvgIpc) is 2.28. The Morgan fingerprint density at radius 1 is 1.00 bits per heavy atom. The van der Waals surface area contributed by atoms with E-state index in [-0.39, 0.29) is 11.6 Å². The second kappa shape index (κ2) is 4.17. The zero-order valence-electron chi connectivity index (χ0n) is 9.07. The van der Waals surface area contributed by atoms with Gasteiger partial charge >= 0.3 is 6.18 Å². The van der Waals surface area contributed by atoms with Crippen molar-refractivity contribution in [3.05, 3.63) is 36.0 Å². The molecule has 0 fully saturated rings. The van der Waals surface area contributed by atoms with E-state index in [1.807, 2.05) is 0 Å². The summed E-state index contributed by atoms with van der Waals surface area (Å²) in [6.07, 6.45) is -3.07. The zero-order valence-corrected chi connectivity index (χ0v) is 9.07. The van der Waals surface area contributed by atoms with Gasteiger partial charge in [0.2, 0.25) is 0 Å². The lowest BCUT2D eigenvalue weighted by Crippen LogP contribution is -2.05. The van der Waals surface area contributed by atoms with Crippen LogP contribution in [-0.2, 0) is 6.18 Å². The Hall–Kier alpha value is -2.31. The summed E-state index contributed by atoms with van der Waals surface area (Å²) in [5.74, 6) is 0.234. The van der Waals surface area contributed by atoms with E-state index in [9.17, 15) is 13.2 Å². The van der Waals surface area contributed by atoms with Gasteiger partial charge in [0.15, 0.2) is 5.82 Å². The number of aromatic nitrogens is 2. The van der Waals surface area contributed by atoms with Gasteiger partial charge in [0.05, 0.1) is 11.8 Å². The monoisotopic (exact) mass is 254 g/mol. The number of alkyl halides is 3. The first kappa shape index (κ1) is 12.2. The number of hydrogen-bond acceptors (Lipinski definition) is 4. The molecule has 0 atom stereocenters. The summed E-state index contributed by atoms with van der Waals surface area (Å²) in [7, 11) is 0. The third-order valence-corrected chi connectivity index (χ3v) is 2.30. The van der Waals surface area contributed by atoms with Gasteiger partial charge in [-0.1, -0.05) is 12.1 Å². The molecular formula is C11H9F3N4. The fourth-order valence-electron chi connectivity index (χ4n) is 1.46. The summed E-state index contributed by atoms with van der Waals surface area (Å²) in [6.45, 7) is 0. The number of hydrogen-bond donors (Lipinski definition) is 2. The van der Waals surface area contributed by atoms with Crippen LogP contribution in [0.1, 0.15) is 5.56 Å². The van der Waals surface area contributed by atoms with E-state index in [1.54, 1.807) is 0 Å². The molecule has 0 spiro atoms. The molecular weight excluding hydrogens is 245 g/mol. The quantitative estimate of drug-likeness (QED) is 0.818. The number of benzene rings is 1. The summed E-state index contributed by atoms with van der Waals surface area (Å²) < 4.78 is 37.2. The molecule has 2 rings (SSSR count). The highest BCUT2D eigenvalue weighted by molar-refractivity contribution is 5.70. The van der Waals surface area contributed by atoms with Gasteiger partial charge in [0.1, 0.15) is 11.5 Å². The Kier molecular flexibility index (Phi) is 2.82. The molecule has 4 N–H and O–H groups in total. The molecule has 0 radical (unpaired) electrons. The molecule has 4 nitrogen and oxygen atoms in total. The molecule has 0 aliphatic rings. The maximum atomic E-state index is 12.4. The van der Waals surface area contributed by atoms with Crippen molar-refractivity contribution in [3.63, 3.8) is 0 Å². The SMILES string of the molecule is Nc1cnc(-c2ccc(C(F)(F)F)cc2)c(N)n1. The van der Waals surface area contributed by atoms with Crippen LogP contribution in [-0.4, -0.2) is 9.97 Å². The smallest absolute Gasteiger partial charge is 0.382 e. The van der Waals surface area contributed by atoms with Crippen molar-refractivity contribution >= 4 is 11.6 Å². The second-order valence-corrected chi connectivity index (χ2v) is 3.60. The minimum Gasteiger partial charge on any atom is -0.382 e. The lowest BCUT2D eigenvalue weighted by Gasteiger charge is -2.08. The lowest BCUT2D eigenvalue weighted by molar-refractivity contribution is -0.137. The number of nitrogens with zero attached hydrogens (tertiary/aromatic N) is 2. The number of halogens is 3. The van der Waals surface area contributed by atoms with Crippen molar-refractivity contribution in [2.45, 2.75) is 6.18 Å². The van der Waals surface area contributed by atoms with Crippen molar-refractivity contribution in [1.29, 1.82) is 0 Å². The summed E-state index contributed by atoms with van der Waals surface area (Å²) in [5.41, 5.74) is 11.0. The highest BCUT2D eigenvalue weighted by Gasteiger charge is 2.30. The summed E-state index contributed by atoms with van der Waals surface area (Å²) in [6, 6.07) is 4.51. The third-order valence-electron chi connectivity index (χ3n) is 2.30. The van der Waals surface area contributed by atoms with Crippen LogP contribution < -0.4 is 11.5 Å². The summed E-state index contributed by atoms with van der Waals surface area (Å²) in [5, 5.41) is 0. The van der Waals surface area contributed by atoms with Crippen molar-refractivity contribution < 1.29 is 13.2 Å². The zero-order chi connectivity index (χ0) is 13.3. The van der Waals surface area contributed by atoms with Crippen molar-refractivity contribution in [3.8, 4) is 11.3 Å². The maximum absolute atomic E-state index is 12.4. The summed E-state index contributed by atoms with van der Waals surface area (Å²) >= 11 is 0. The predicted octanol–water partition coefficient (Wildman–Crippen LogP) is 2.33. The topological polar surface area (TPSA) is 77.8 Å². The minimum atomic E-state index is -4.36. The molecule has 0 amide bonds. The van der Waals surface area contributed by atoms with Crippen LogP contribution in [0.2, 0.25) is 0 Å². The van der Waals surface area contributed by atoms with E-state index >= 15 is 0 Å². The molecule has 2 aromatic rings. The van der Waals surface area contributed by atoms with Gasteiger partial charge in [-0.05, 0) is 12.1 Å². The first-order valence-corrected chi connectivity index (χ1v) is 4.93. The molecule has 18 heavy (non-hydrogen) atoms. The summed E-state index contributed by atoms with van der Waals surface area (Å²) in [4.78, 5) is 7.74. The first-order valence-electron chi connectivity index (χ1n) is 4.93. The molecule has 0 saturated carbocycles. The van der Waals surface area contributed by atoms with E-state index in [2.05, 4.69) is 9.97 Å². The van der Waals surface area contributed by atoms with Crippen LogP contribution >= 0.6 is 0 Å². The lowest BCUT2D eigenvalue weighted by atomic mass is 10.1. The Bertz CT molecular complexity index is 563. The van der Waals surface area contributed by atoms with Crippen molar-refractivity contribution in [2.24, 2.45) is 0 Å². The normalized spacial score (nSPS) is 11.5. The van der Waals surface area contributed by atoms with E-state index in [4.69, 9.17) is 11.5 Å². The van der Waals surface area contributed by atoms with Crippen LogP contribution in [0.15, 0.2) is 30.5 Å². The first-order chi connectivity index (χ1) is 8.38. The van der Waals surface area contributed by atoms with Crippen LogP contribution in [0.25, 0.3) is 11.3 Å². The second-order valence-electron chi connectivity index (χ2n) is 3.60. The van der Waals surface area contributed by atoms with Crippen LogP contribution in [0, 0.1) is 0 Å². The van der Waals surface area contributed by atoms with E-state index < -0.39 is 11.7 Å². The van der Waals surface area contributed by atoms with E-state index in [0.29, 0.717) is 11.3 Å². The average molecular weight is 254 g/mol. The highest BCUT2D eigenvalue weighted by atomic mass is 19.4. The number of nitrogens with two attached hydrogens (primary N) is 2. The minimum absolute atomic E-state index is 0.0785. The highest BCUT2D eigenvalue weighted by Crippen LogP contribution is 2.31. The Balaban J connectivity index is 2.41. The molecule has 0 bridgehead atoms. The third kappa shape index (κ3) is 2.34. The van der Waals surface area contributed by atoms with E-state index in [1.165, 1.54) is 18.3 Å². The van der Waals surface area contributed by atoms with Gasteiger partial charge in [0.25, 0.3) is 0 Å². The van der Waals surface area contributed by atoms with Gasteiger partial charge in [-0.15, -0.1) is 0 Å². The maximum Gasteiger partial charge on any atom is 0.416 e. The molecule has 1 heterocycles. The Labute approximate surface area is 100 Å². The molecule has 1 aromatic heterocycles. The molecule has 1 aromatic carbocycles. The number of nitrogen functional groups attached to an aromatic ring is 2. The standard InChI is InChI=1S/C11H9F3N4/c12-11(13,14)7-3-1-6(2-4-7)9-10(16)18-8(15)5-17-9/h1-5H,(H4,15,16,18). The molecule has 0 aliphatic carbocycles. The Morgan fingerprint density at radius 2 is 1.61 bits per heavy atom. The largest absolute Gasteiger partial charge is 0.416 e. The van der Waals surface area contributed by atoms with Crippen LogP contribution in [0.3, 0.4) is 0 Å². The number of anilines is 2. The van der Waals surface area contributed by atoms with Gasteiger partial charge in [-0.3, -0.25) is 0 Å². The Morgan fingerprint density at radius 3 is 2.11 bits per heavy atom. The van der Waals surface area contributed by atoms with Crippen LogP contribution in [0.5, 0.6) is 0 Å².